The normalized spacial score (nSPS) is 12.8. The quantitative estimate of drug-likeness (QED) is 0.735. The van der Waals surface area contributed by atoms with Crippen LogP contribution >= 0.6 is 0 Å². The molecule has 0 aromatic carbocycles. The fourth-order valence-corrected chi connectivity index (χ4v) is 1.31. The van der Waals surface area contributed by atoms with E-state index in [1.807, 2.05) is 12.3 Å². The van der Waals surface area contributed by atoms with Gasteiger partial charge in [0.05, 0.1) is 5.69 Å². The zero-order valence-corrected chi connectivity index (χ0v) is 8.96. The summed E-state index contributed by atoms with van der Waals surface area (Å²) in [7, 11) is 0. The van der Waals surface area contributed by atoms with Crippen molar-refractivity contribution in [3.8, 4) is 0 Å². The molecule has 0 aliphatic heterocycles. The van der Waals surface area contributed by atoms with Crippen LogP contribution in [0.3, 0.4) is 0 Å². The molecule has 3 N–H and O–H groups in total. The number of pyridine rings is 1. The van der Waals surface area contributed by atoms with E-state index in [9.17, 15) is 0 Å². The van der Waals surface area contributed by atoms with E-state index < -0.39 is 0 Å². The van der Waals surface area contributed by atoms with Crippen LogP contribution in [0.1, 0.15) is 25.1 Å². The Labute approximate surface area is 85.7 Å². The lowest BCUT2D eigenvalue weighted by Gasteiger charge is -2.12. The highest BCUT2D eigenvalue weighted by Crippen LogP contribution is 2.05. The van der Waals surface area contributed by atoms with Gasteiger partial charge in [0.25, 0.3) is 0 Å². The maximum Gasteiger partial charge on any atom is 0.0573 e. The molecule has 1 heterocycles. The van der Waals surface area contributed by atoms with Crippen molar-refractivity contribution in [1.82, 2.24) is 10.3 Å². The molecule has 14 heavy (non-hydrogen) atoms. The number of rotatable bonds is 5. The van der Waals surface area contributed by atoms with Gasteiger partial charge in [-0.1, -0.05) is 13.0 Å². The summed E-state index contributed by atoms with van der Waals surface area (Å²) in [6.07, 6.45) is 2.87. The summed E-state index contributed by atoms with van der Waals surface area (Å²) in [5.41, 5.74) is 7.97. The molecule has 0 aliphatic carbocycles. The molecule has 0 radical (unpaired) electrons. The molecule has 0 saturated carbocycles. The highest BCUT2D eigenvalue weighted by Gasteiger charge is 2.02. The summed E-state index contributed by atoms with van der Waals surface area (Å²) in [5.74, 6) is 0. The maximum atomic E-state index is 5.52. The van der Waals surface area contributed by atoms with Crippen LogP contribution in [0.4, 0.5) is 0 Å². The van der Waals surface area contributed by atoms with Gasteiger partial charge in [-0.25, -0.2) is 0 Å². The average molecular weight is 193 g/mol. The largest absolute Gasteiger partial charge is 0.329 e. The Kier molecular flexibility index (Phi) is 4.56. The molecule has 1 unspecified atom stereocenters. The minimum atomic E-state index is 0.349. The predicted molar refractivity (Wildman–Crippen MR) is 59.0 cm³/mol. The lowest BCUT2D eigenvalue weighted by molar-refractivity contribution is 0.548. The standard InChI is InChI=1S/C11H19N3/c1-3-10-5-4-6-13-11(10)8-14-9(2)7-12/h4-6,9,14H,3,7-8,12H2,1-2H3. The van der Waals surface area contributed by atoms with Gasteiger partial charge in [-0.05, 0) is 25.0 Å². The Morgan fingerprint density at radius 3 is 3.00 bits per heavy atom. The molecular formula is C11H19N3. The number of aryl methyl sites for hydroxylation is 1. The number of hydrogen-bond acceptors (Lipinski definition) is 3. The molecule has 3 heteroatoms. The molecule has 1 aromatic rings. The van der Waals surface area contributed by atoms with Gasteiger partial charge in [-0.2, -0.15) is 0 Å². The van der Waals surface area contributed by atoms with E-state index in [0.717, 1.165) is 18.7 Å². The van der Waals surface area contributed by atoms with Gasteiger partial charge < -0.3 is 11.1 Å². The van der Waals surface area contributed by atoms with E-state index in [-0.39, 0.29) is 0 Å². The highest BCUT2D eigenvalue weighted by atomic mass is 14.9. The van der Waals surface area contributed by atoms with Gasteiger partial charge in [-0.3, -0.25) is 4.98 Å². The van der Waals surface area contributed by atoms with E-state index in [4.69, 9.17) is 5.73 Å². The number of nitrogens with two attached hydrogens (primary N) is 1. The van der Waals surface area contributed by atoms with Crippen molar-refractivity contribution >= 4 is 0 Å². The molecule has 3 nitrogen and oxygen atoms in total. The zero-order chi connectivity index (χ0) is 10.4. The van der Waals surface area contributed by atoms with Crippen molar-refractivity contribution in [3.05, 3.63) is 29.6 Å². The van der Waals surface area contributed by atoms with Crippen LogP contribution in [0.2, 0.25) is 0 Å². The van der Waals surface area contributed by atoms with Crippen molar-refractivity contribution in [2.45, 2.75) is 32.9 Å². The fourth-order valence-electron chi connectivity index (χ4n) is 1.31. The van der Waals surface area contributed by atoms with E-state index in [1.165, 1.54) is 5.56 Å². The Hall–Kier alpha value is -0.930. The molecule has 1 aromatic heterocycles. The summed E-state index contributed by atoms with van der Waals surface area (Å²) in [5, 5.41) is 3.34. The van der Waals surface area contributed by atoms with Crippen molar-refractivity contribution in [3.63, 3.8) is 0 Å². The molecule has 1 atom stereocenters. The van der Waals surface area contributed by atoms with Crippen LogP contribution in [-0.4, -0.2) is 17.6 Å². The lowest BCUT2D eigenvalue weighted by atomic mass is 10.1. The van der Waals surface area contributed by atoms with Crippen LogP contribution in [-0.2, 0) is 13.0 Å². The Bertz CT molecular complexity index is 273. The van der Waals surface area contributed by atoms with E-state index >= 15 is 0 Å². The van der Waals surface area contributed by atoms with E-state index in [0.29, 0.717) is 12.6 Å². The Morgan fingerprint density at radius 2 is 2.36 bits per heavy atom. The van der Waals surface area contributed by atoms with Crippen LogP contribution in [0.15, 0.2) is 18.3 Å². The van der Waals surface area contributed by atoms with Crippen molar-refractivity contribution in [1.29, 1.82) is 0 Å². The molecule has 0 saturated heterocycles. The topological polar surface area (TPSA) is 50.9 Å². The van der Waals surface area contributed by atoms with Crippen LogP contribution in [0, 0.1) is 0 Å². The Balaban J connectivity index is 2.57. The number of nitrogens with one attached hydrogen (secondary N) is 1. The molecule has 0 amide bonds. The average Bonchev–Trinajstić information content (AvgIpc) is 2.26. The van der Waals surface area contributed by atoms with Crippen LogP contribution in [0.25, 0.3) is 0 Å². The minimum Gasteiger partial charge on any atom is -0.329 e. The van der Waals surface area contributed by atoms with Gasteiger partial charge in [0.15, 0.2) is 0 Å². The molecule has 0 bridgehead atoms. The monoisotopic (exact) mass is 193 g/mol. The first kappa shape index (κ1) is 11.1. The van der Waals surface area contributed by atoms with Gasteiger partial charge >= 0.3 is 0 Å². The molecule has 0 spiro atoms. The zero-order valence-electron chi connectivity index (χ0n) is 8.96. The summed E-state index contributed by atoms with van der Waals surface area (Å²) in [6.45, 7) is 5.69. The second-order valence-corrected chi connectivity index (χ2v) is 3.48. The van der Waals surface area contributed by atoms with Crippen LogP contribution in [0.5, 0.6) is 0 Å². The number of nitrogens with zero attached hydrogens (tertiary/aromatic N) is 1. The molecule has 1 rings (SSSR count). The fraction of sp³-hybridized carbons (Fsp3) is 0.545. The van der Waals surface area contributed by atoms with Gasteiger partial charge in [-0.15, -0.1) is 0 Å². The smallest absolute Gasteiger partial charge is 0.0573 e. The molecular weight excluding hydrogens is 174 g/mol. The SMILES string of the molecule is CCc1cccnc1CNC(C)CN. The van der Waals surface area contributed by atoms with E-state index in [1.54, 1.807) is 0 Å². The van der Waals surface area contributed by atoms with Crippen LogP contribution < -0.4 is 11.1 Å². The third-order valence-corrected chi connectivity index (χ3v) is 2.34. The summed E-state index contributed by atoms with van der Waals surface area (Å²) >= 11 is 0. The van der Waals surface area contributed by atoms with E-state index in [2.05, 4.69) is 30.2 Å². The molecule has 0 fully saturated rings. The van der Waals surface area contributed by atoms with Crippen molar-refractivity contribution in [2.24, 2.45) is 5.73 Å². The molecule has 78 valence electrons. The van der Waals surface area contributed by atoms with Crippen molar-refractivity contribution < 1.29 is 0 Å². The maximum absolute atomic E-state index is 5.52. The Morgan fingerprint density at radius 1 is 1.57 bits per heavy atom. The summed E-state index contributed by atoms with van der Waals surface area (Å²) in [6, 6.07) is 4.45. The second kappa shape index (κ2) is 5.73. The third kappa shape index (κ3) is 3.09. The van der Waals surface area contributed by atoms with Crippen molar-refractivity contribution in [2.75, 3.05) is 6.54 Å². The highest BCUT2D eigenvalue weighted by molar-refractivity contribution is 5.19. The number of hydrogen-bond donors (Lipinski definition) is 2. The first-order chi connectivity index (χ1) is 6.77. The third-order valence-electron chi connectivity index (χ3n) is 2.34. The molecule has 0 aliphatic rings. The van der Waals surface area contributed by atoms with Gasteiger partial charge in [0.2, 0.25) is 0 Å². The summed E-state index contributed by atoms with van der Waals surface area (Å²) in [4.78, 5) is 4.35. The first-order valence-corrected chi connectivity index (χ1v) is 5.14. The minimum absolute atomic E-state index is 0.349. The predicted octanol–water partition coefficient (Wildman–Crippen LogP) is 1.08. The lowest BCUT2D eigenvalue weighted by Crippen LogP contribution is -2.33. The van der Waals surface area contributed by atoms with Gasteiger partial charge in [0.1, 0.15) is 0 Å². The van der Waals surface area contributed by atoms with Gasteiger partial charge in [0, 0.05) is 25.3 Å². The summed E-state index contributed by atoms with van der Waals surface area (Å²) < 4.78 is 0. The second-order valence-electron chi connectivity index (χ2n) is 3.48. The first-order valence-electron chi connectivity index (χ1n) is 5.14. The number of aromatic nitrogens is 1.